The number of nitrogens with one attached hydrogen (secondary N) is 1. The van der Waals surface area contributed by atoms with Crippen LogP contribution in [0.5, 0.6) is 0 Å². The number of rotatable bonds is 1. The summed E-state index contributed by atoms with van der Waals surface area (Å²) in [5.74, 6) is 0. The molecular formula is C7H7N3O2S2. The molecule has 3 N–H and O–H groups in total. The minimum atomic E-state index is -3.63. The third-order valence-electron chi connectivity index (χ3n) is 1.69. The second kappa shape index (κ2) is 3.26. The van der Waals surface area contributed by atoms with Gasteiger partial charge < -0.3 is 4.72 Å². The molecule has 0 aromatic heterocycles. The van der Waals surface area contributed by atoms with E-state index in [1.165, 1.54) is 24.1 Å². The predicted molar refractivity (Wildman–Crippen MR) is 55.0 cm³/mol. The summed E-state index contributed by atoms with van der Waals surface area (Å²) in [5, 5.41) is 4.99. The fraction of sp³-hybridized carbons (Fsp3) is 0. The number of benzene rings is 1. The first-order chi connectivity index (χ1) is 6.57. The van der Waals surface area contributed by atoms with Crippen LogP contribution in [0, 0.1) is 0 Å². The molecule has 0 saturated carbocycles. The van der Waals surface area contributed by atoms with Crippen LogP contribution in [0.4, 0.5) is 5.69 Å². The van der Waals surface area contributed by atoms with E-state index in [1.807, 2.05) is 0 Å². The zero-order chi connectivity index (χ0) is 10.2. The molecule has 0 fully saturated rings. The average molecular weight is 229 g/mol. The number of hydrogen-bond acceptors (Lipinski definition) is 5. The molecule has 0 aliphatic carbocycles. The molecule has 0 atom stereocenters. The second-order valence-corrected chi connectivity index (χ2v) is 5.09. The van der Waals surface area contributed by atoms with Crippen molar-refractivity contribution >= 4 is 34.0 Å². The van der Waals surface area contributed by atoms with Crippen LogP contribution in [0.25, 0.3) is 0 Å². The summed E-state index contributed by atoms with van der Waals surface area (Å²) < 4.78 is 24.9. The second-order valence-electron chi connectivity index (χ2n) is 2.65. The molecule has 5 nitrogen and oxygen atoms in total. The summed E-state index contributed by atoms with van der Waals surface area (Å²) in [7, 11) is -3.63. The van der Waals surface area contributed by atoms with Crippen molar-refractivity contribution in [1.82, 2.24) is 4.72 Å². The molecular weight excluding hydrogens is 222 g/mol. The smallest absolute Gasteiger partial charge is 0.238 e. The van der Waals surface area contributed by atoms with E-state index in [0.29, 0.717) is 0 Å². The Labute approximate surface area is 85.6 Å². The molecule has 14 heavy (non-hydrogen) atoms. The Hall–Kier alpha value is -1.05. The molecule has 1 aliphatic rings. The van der Waals surface area contributed by atoms with Crippen LogP contribution in [-0.2, 0) is 10.0 Å². The van der Waals surface area contributed by atoms with Crippen molar-refractivity contribution in [3.05, 3.63) is 18.2 Å². The van der Waals surface area contributed by atoms with Gasteiger partial charge in [0.2, 0.25) is 10.0 Å². The quantitative estimate of drug-likeness (QED) is 0.691. The minimum Gasteiger partial charge on any atom is -0.316 e. The van der Waals surface area contributed by atoms with E-state index in [-0.39, 0.29) is 4.90 Å². The van der Waals surface area contributed by atoms with Crippen LogP contribution < -0.4 is 9.86 Å². The van der Waals surface area contributed by atoms with Crippen molar-refractivity contribution in [3.8, 4) is 0 Å². The van der Waals surface area contributed by atoms with E-state index in [1.54, 1.807) is 12.4 Å². The first-order valence-corrected chi connectivity index (χ1v) is 6.05. The summed E-state index contributed by atoms with van der Waals surface area (Å²) >= 11 is 1.30. The molecule has 2 rings (SSSR count). The number of hydrogen-bond donors (Lipinski definition) is 2. The largest absolute Gasteiger partial charge is 0.316 e. The van der Waals surface area contributed by atoms with Gasteiger partial charge in [0.1, 0.15) is 0 Å². The van der Waals surface area contributed by atoms with Gasteiger partial charge in [0.25, 0.3) is 0 Å². The normalized spacial score (nSPS) is 14.6. The van der Waals surface area contributed by atoms with Crippen LogP contribution in [0.2, 0.25) is 0 Å². The maximum atomic E-state index is 11.0. The standard InChI is InChI=1S/C7H7N3O2S2/c8-14(11,12)5-1-2-6-7(3-5)13-10-4-9-6/h1-4H,(H,9,10)(H2,8,11,12). The number of fused-ring (bicyclic) bond motifs is 1. The third kappa shape index (κ3) is 1.74. The van der Waals surface area contributed by atoms with Gasteiger partial charge >= 0.3 is 0 Å². The van der Waals surface area contributed by atoms with E-state index in [2.05, 4.69) is 9.71 Å². The molecule has 1 aromatic carbocycles. The molecule has 0 radical (unpaired) electrons. The lowest BCUT2D eigenvalue weighted by Gasteiger charge is -2.10. The molecule has 7 heteroatoms. The number of nitrogens with two attached hydrogens (primary N) is 1. The van der Waals surface area contributed by atoms with E-state index >= 15 is 0 Å². The number of aliphatic imine (C=N–C) groups is 1. The lowest BCUT2D eigenvalue weighted by atomic mass is 10.3. The van der Waals surface area contributed by atoms with Crippen LogP contribution >= 0.6 is 11.9 Å². The minimum absolute atomic E-state index is 0.0997. The lowest BCUT2D eigenvalue weighted by Crippen LogP contribution is -2.12. The van der Waals surface area contributed by atoms with Crippen molar-refractivity contribution in [1.29, 1.82) is 0 Å². The van der Waals surface area contributed by atoms with E-state index in [0.717, 1.165) is 10.6 Å². The zero-order valence-electron chi connectivity index (χ0n) is 6.97. The Morgan fingerprint density at radius 3 is 2.93 bits per heavy atom. The van der Waals surface area contributed by atoms with Gasteiger partial charge in [0.15, 0.2) is 0 Å². The number of sulfonamides is 1. The predicted octanol–water partition coefficient (Wildman–Crippen LogP) is 0.604. The maximum Gasteiger partial charge on any atom is 0.238 e. The molecule has 0 saturated heterocycles. The summed E-state index contributed by atoms with van der Waals surface area (Å²) in [5.41, 5.74) is 0.737. The summed E-state index contributed by atoms with van der Waals surface area (Å²) in [6.07, 6.45) is 1.55. The van der Waals surface area contributed by atoms with Crippen LogP contribution in [-0.4, -0.2) is 14.8 Å². The SMILES string of the molecule is NS(=O)(=O)c1ccc2c(c1)SNC=N2. The molecule has 1 heterocycles. The highest BCUT2D eigenvalue weighted by molar-refractivity contribution is 7.98. The van der Waals surface area contributed by atoms with Crippen molar-refractivity contribution in [2.75, 3.05) is 0 Å². The first-order valence-electron chi connectivity index (χ1n) is 3.69. The van der Waals surface area contributed by atoms with Gasteiger partial charge in [-0.05, 0) is 30.1 Å². The van der Waals surface area contributed by atoms with E-state index in [4.69, 9.17) is 5.14 Å². The van der Waals surface area contributed by atoms with Gasteiger partial charge in [-0.1, -0.05) is 0 Å². The van der Waals surface area contributed by atoms with Crippen molar-refractivity contribution < 1.29 is 8.42 Å². The van der Waals surface area contributed by atoms with Gasteiger partial charge in [-0.25, -0.2) is 18.5 Å². The molecule has 74 valence electrons. The Kier molecular flexibility index (Phi) is 2.22. The highest BCUT2D eigenvalue weighted by Crippen LogP contribution is 2.31. The average Bonchev–Trinajstić information content (AvgIpc) is 2.16. The molecule has 0 bridgehead atoms. The maximum absolute atomic E-state index is 11.0. The summed E-state index contributed by atoms with van der Waals surface area (Å²) in [6, 6.07) is 4.57. The van der Waals surface area contributed by atoms with Gasteiger partial charge in [-0.2, -0.15) is 0 Å². The van der Waals surface area contributed by atoms with E-state index in [9.17, 15) is 8.42 Å². The zero-order valence-corrected chi connectivity index (χ0v) is 8.60. The van der Waals surface area contributed by atoms with Gasteiger partial charge in [0, 0.05) is 0 Å². The van der Waals surface area contributed by atoms with Gasteiger partial charge in [-0.15, -0.1) is 0 Å². The van der Waals surface area contributed by atoms with Gasteiger partial charge in [0.05, 0.1) is 21.8 Å². The van der Waals surface area contributed by atoms with Crippen molar-refractivity contribution in [2.24, 2.45) is 10.1 Å². The third-order valence-corrected chi connectivity index (χ3v) is 3.37. The monoisotopic (exact) mass is 229 g/mol. The lowest BCUT2D eigenvalue weighted by molar-refractivity contribution is 0.597. The van der Waals surface area contributed by atoms with Crippen LogP contribution in [0.15, 0.2) is 33.0 Å². The topological polar surface area (TPSA) is 84.5 Å². The van der Waals surface area contributed by atoms with Crippen LogP contribution in [0.3, 0.4) is 0 Å². The summed E-state index contributed by atoms with van der Waals surface area (Å²) in [4.78, 5) is 4.87. The summed E-state index contributed by atoms with van der Waals surface area (Å²) in [6.45, 7) is 0. The Bertz CT molecular complexity index is 496. The first kappa shape index (κ1) is 9.50. The number of primary sulfonamides is 1. The molecule has 1 aromatic rings. The van der Waals surface area contributed by atoms with E-state index < -0.39 is 10.0 Å². The number of nitrogens with zero attached hydrogens (tertiary/aromatic N) is 1. The highest BCUT2D eigenvalue weighted by Gasteiger charge is 2.12. The van der Waals surface area contributed by atoms with Crippen molar-refractivity contribution in [2.45, 2.75) is 9.79 Å². The molecule has 0 unspecified atom stereocenters. The van der Waals surface area contributed by atoms with Crippen molar-refractivity contribution in [3.63, 3.8) is 0 Å². The van der Waals surface area contributed by atoms with Crippen LogP contribution in [0.1, 0.15) is 0 Å². The highest BCUT2D eigenvalue weighted by atomic mass is 32.2. The fourth-order valence-electron chi connectivity index (χ4n) is 1.05. The van der Waals surface area contributed by atoms with Gasteiger partial charge in [-0.3, -0.25) is 0 Å². The molecule has 0 spiro atoms. The Morgan fingerprint density at radius 1 is 1.43 bits per heavy atom. The Morgan fingerprint density at radius 2 is 2.21 bits per heavy atom. The fourth-order valence-corrected chi connectivity index (χ4v) is 2.30. The molecule has 0 amide bonds. The molecule has 1 aliphatic heterocycles. The Balaban J connectivity index is 2.55.